The lowest BCUT2D eigenvalue weighted by Gasteiger charge is -2.11. The number of hydrogen-bond donors (Lipinski definition) is 0. The summed E-state index contributed by atoms with van der Waals surface area (Å²) in [6.45, 7) is 0.0823. The molecule has 5 rings (SSSR count). The predicted octanol–water partition coefficient (Wildman–Crippen LogP) is 4.91. The quantitative estimate of drug-likeness (QED) is 0.303. The number of ether oxygens (including phenoxy) is 2. The molecule has 0 bridgehead atoms. The van der Waals surface area contributed by atoms with Gasteiger partial charge in [-0.2, -0.15) is 4.98 Å². The van der Waals surface area contributed by atoms with Gasteiger partial charge in [0.1, 0.15) is 22.3 Å². The minimum atomic E-state index is -0.548. The maximum atomic E-state index is 13.9. The van der Waals surface area contributed by atoms with Gasteiger partial charge in [0.25, 0.3) is 5.56 Å². The number of nitrogens with zero attached hydrogens (tertiary/aromatic N) is 5. The second-order valence-corrected chi connectivity index (χ2v) is 8.95. The van der Waals surface area contributed by atoms with Crippen LogP contribution in [0.25, 0.3) is 11.2 Å². The Labute approximate surface area is 218 Å². The van der Waals surface area contributed by atoms with Crippen molar-refractivity contribution in [3.8, 4) is 23.4 Å². The monoisotopic (exact) mass is 541 g/mol. The topological polar surface area (TPSA) is 93.2 Å². The Balaban J connectivity index is 1.52. The Morgan fingerprint density at radius 2 is 1.65 bits per heavy atom. The Hall–Kier alpha value is -4.15. The number of pyridine rings is 1. The molecule has 0 atom stereocenters. The molecule has 5 aromatic rings. The van der Waals surface area contributed by atoms with Crippen molar-refractivity contribution in [2.45, 2.75) is 6.54 Å². The normalized spacial score (nSPS) is 11.2. The highest BCUT2D eigenvalue weighted by molar-refractivity contribution is 6.35. The molecule has 3 aromatic heterocycles. The van der Waals surface area contributed by atoms with Crippen LogP contribution >= 0.6 is 23.2 Å². The van der Waals surface area contributed by atoms with E-state index >= 15 is 0 Å². The number of benzene rings is 2. The molecular formula is C25H18Cl2FN5O4. The summed E-state index contributed by atoms with van der Waals surface area (Å²) in [6, 6.07) is 14.1. The Morgan fingerprint density at radius 1 is 0.946 bits per heavy atom. The van der Waals surface area contributed by atoms with Crippen molar-refractivity contribution in [2.24, 2.45) is 14.1 Å². The number of rotatable bonds is 6. The lowest BCUT2D eigenvalue weighted by atomic mass is 10.2. The largest absolute Gasteiger partial charge is 0.438 e. The van der Waals surface area contributed by atoms with Gasteiger partial charge in [-0.3, -0.25) is 18.5 Å². The van der Waals surface area contributed by atoms with Crippen molar-refractivity contribution in [1.29, 1.82) is 0 Å². The maximum Gasteiger partial charge on any atom is 0.332 e. The molecule has 0 fully saturated rings. The highest BCUT2D eigenvalue weighted by Gasteiger charge is 2.21. The number of aromatic nitrogens is 5. The number of aryl methyl sites for hydroxylation is 1. The van der Waals surface area contributed by atoms with Gasteiger partial charge in [0.05, 0.1) is 11.6 Å². The zero-order valence-electron chi connectivity index (χ0n) is 19.5. The fourth-order valence-corrected chi connectivity index (χ4v) is 4.16. The van der Waals surface area contributed by atoms with Crippen LogP contribution in [-0.4, -0.2) is 23.7 Å². The molecule has 9 nitrogen and oxygen atoms in total. The van der Waals surface area contributed by atoms with Crippen LogP contribution in [0.1, 0.15) is 5.56 Å². The van der Waals surface area contributed by atoms with Crippen molar-refractivity contribution in [3.05, 3.63) is 103 Å². The van der Waals surface area contributed by atoms with E-state index in [0.717, 1.165) is 4.57 Å². The van der Waals surface area contributed by atoms with E-state index in [1.54, 1.807) is 36.4 Å². The molecule has 0 saturated heterocycles. The highest BCUT2D eigenvalue weighted by atomic mass is 35.5. The van der Waals surface area contributed by atoms with Crippen LogP contribution in [0.4, 0.5) is 4.39 Å². The molecule has 3 heterocycles. The lowest BCUT2D eigenvalue weighted by Crippen LogP contribution is -2.37. The summed E-state index contributed by atoms with van der Waals surface area (Å²) in [4.78, 5) is 34.0. The summed E-state index contributed by atoms with van der Waals surface area (Å²) >= 11 is 12.0. The summed E-state index contributed by atoms with van der Waals surface area (Å²) in [5.41, 5.74) is -0.213. The minimum Gasteiger partial charge on any atom is -0.438 e. The summed E-state index contributed by atoms with van der Waals surface area (Å²) < 4.78 is 29.3. The molecule has 0 spiro atoms. The first kappa shape index (κ1) is 24.5. The molecule has 0 N–H and O–H groups in total. The number of hydrogen-bond acceptors (Lipinski definition) is 6. The molecule has 0 amide bonds. The van der Waals surface area contributed by atoms with E-state index in [2.05, 4.69) is 9.97 Å². The van der Waals surface area contributed by atoms with E-state index in [1.807, 2.05) is 0 Å². The van der Waals surface area contributed by atoms with Gasteiger partial charge in [-0.15, -0.1) is 0 Å². The average Bonchev–Trinajstić information content (AvgIpc) is 3.22. The van der Waals surface area contributed by atoms with Crippen LogP contribution in [0.2, 0.25) is 10.0 Å². The smallest absolute Gasteiger partial charge is 0.332 e. The summed E-state index contributed by atoms with van der Waals surface area (Å²) in [5, 5.41) is 0.639. The van der Waals surface area contributed by atoms with Crippen molar-refractivity contribution in [1.82, 2.24) is 23.7 Å². The molecule has 0 aliphatic carbocycles. The number of imidazole rings is 1. The SMILES string of the molecule is Cn1c(=O)c2c(nc(Oc3ccc(Oc4ncc(Cl)cc4Cl)cc3)n2Cc2cccc(F)c2)n(C)c1=O. The van der Waals surface area contributed by atoms with Gasteiger partial charge < -0.3 is 9.47 Å². The molecular weight excluding hydrogens is 524 g/mol. The Bertz CT molecular complexity index is 1760. The van der Waals surface area contributed by atoms with E-state index in [9.17, 15) is 14.0 Å². The van der Waals surface area contributed by atoms with Gasteiger partial charge >= 0.3 is 11.7 Å². The molecule has 2 aromatic carbocycles. The molecule has 188 valence electrons. The standard InChI is InChI=1S/C25H18Cl2FN5O4/c1-31-21-20(23(34)32(2)25(31)35)33(13-14-4-3-5-16(28)10-14)24(30-21)37-18-8-6-17(7-9-18)36-22-19(27)11-15(26)12-29-22/h3-12H,13H2,1-2H3. The average molecular weight is 542 g/mol. The van der Waals surface area contributed by atoms with E-state index in [4.69, 9.17) is 32.7 Å². The van der Waals surface area contributed by atoms with Crippen LogP contribution in [0, 0.1) is 5.82 Å². The van der Waals surface area contributed by atoms with Crippen molar-refractivity contribution in [3.63, 3.8) is 0 Å². The number of halogens is 3. The third-order valence-corrected chi connectivity index (χ3v) is 6.04. The second kappa shape index (κ2) is 9.72. The van der Waals surface area contributed by atoms with E-state index in [0.29, 0.717) is 22.1 Å². The first-order valence-electron chi connectivity index (χ1n) is 10.9. The molecule has 0 unspecified atom stereocenters. The van der Waals surface area contributed by atoms with Gasteiger partial charge in [-0.25, -0.2) is 14.2 Å². The highest BCUT2D eigenvalue weighted by Crippen LogP contribution is 2.31. The van der Waals surface area contributed by atoms with Crippen LogP contribution in [0.15, 0.2) is 70.4 Å². The maximum absolute atomic E-state index is 13.9. The molecule has 0 saturated carbocycles. The van der Waals surface area contributed by atoms with Crippen LogP contribution < -0.4 is 20.7 Å². The fourth-order valence-electron chi connectivity index (χ4n) is 3.74. The van der Waals surface area contributed by atoms with E-state index < -0.39 is 17.1 Å². The van der Waals surface area contributed by atoms with Crippen LogP contribution in [0.3, 0.4) is 0 Å². The van der Waals surface area contributed by atoms with Crippen LogP contribution in [0.5, 0.6) is 23.4 Å². The molecule has 37 heavy (non-hydrogen) atoms. The third-order valence-electron chi connectivity index (χ3n) is 5.56. The number of fused-ring (bicyclic) bond motifs is 1. The predicted molar refractivity (Wildman–Crippen MR) is 137 cm³/mol. The van der Waals surface area contributed by atoms with Gasteiger partial charge in [0.15, 0.2) is 11.2 Å². The molecule has 12 heteroatoms. The fraction of sp³-hybridized carbons (Fsp3) is 0.120. The minimum absolute atomic E-state index is 0.0497. The van der Waals surface area contributed by atoms with Crippen molar-refractivity contribution >= 4 is 34.4 Å². The van der Waals surface area contributed by atoms with E-state index in [1.165, 1.54) is 47.6 Å². The third kappa shape index (κ3) is 4.81. The van der Waals surface area contributed by atoms with Crippen LogP contribution in [-0.2, 0) is 20.6 Å². The zero-order chi connectivity index (χ0) is 26.3. The second-order valence-electron chi connectivity index (χ2n) is 8.10. The van der Waals surface area contributed by atoms with Gasteiger partial charge in [-0.1, -0.05) is 35.3 Å². The van der Waals surface area contributed by atoms with Crippen molar-refractivity contribution in [2.75, 3.05) is 0 Å². The lowest BCUT2D eigenvalue weighted by molar-refractivity contribution is 0.418. The first-order chi connectivity index (χ1) is 17.7. The van der Waals surface area contributed by atoms with Crippen molar-refractivity contribution < 1.29 is 13.9 Å². The molecule has 0 aliphatic heterocycles. The Kier molecular flexibility index (Phi) is 6.45. The van der Waals surface area contributed by atoms with Gasteiger partial charge in [0, 0.05) is 20.3 Å². The first-order valence-corrected chi connectivity index (χ1v) is 11.6. The zero-order valence-corrected chi connectivity index (χ0v) is 21.0. The summed E-state index contributed by atoms with van der Waals surface area (Å²) in [6.07, 6.45) is 1.42. The Morgan fingerprint density at radius 3 is 2.32 bits per heavy atom. The van der Waals surface area contributed by atoms with E-state index in [-0.39, 0.29) is 34.6 Å². The molecule has 0 radical (unpaired) electrons. The summed E-state index contributed by atoms with van der Waals surface area (Å²) in [5.74, 6) is 0.581. The van der Waals surface area contributed by atoms with Gasteiger partial charge in [-0.05, 0) is 48.0 Å². The molecule has 0 aliphatic rings. The summed E-state index contributed by atoms with van der Waals surface area (Å²) in [7, 11) is 2.89. The van der Waals surface area contributed by atoms with Gasteiger partial charge in [0.2, 0.25) is 5.88 Å².